The molecule has 2 aromatic carbocycles. The number of rotatable bonds is 9. The second-order valence-electron chi connectivity index (χ2n) is 5.50. The van der Waals surface area contributed by atoms with Crippen LogP contribution in [-0.2, 0) is 9.53 Å². The van der Waals surface area contributed by atoms with Crippen molar-refractivity contribution in [3.8, 4) is 11.5 Å². The Labute approximate surface area is 166 Å². The molecule has 152 valence electrons. The Morgan fingerprint density at radius 1 is 1.21 bits per heavy atom. The van der Waals surface area contributed by atoms with Crippen molar-refractivity contribution in [2.45, 2.75) is 6.92 Å². The summed E-state index contributed by atoms with van der Waals surface area (Å²) in [5.74, 6) is -0.458. The van der Waals surface area contributed by atoms with E-state index in [0.29, 0.717) is 11.3 Å². The van der Waals surface area contributed by atoms with E-state index in [1.807, 2.05) is 0 Å². The predicted molar refractivity (Wildman–Crippen MR) is 103 cm³/mol. The van der Waals surface area contributed by atoms with Crippen molar-refractivity contribution in [2.24, 2.45) is 5.10 Å². The van der Waals surface area contributed by atoms with E-state index in [2.05, 4.69) is 10.5 Å². The highest BCUT2D eigenvalue weighted by atomic mass is 16.6. The van der Waals surface area contributed by atoms with Crippen LogP contribution in [-0.4, -0.2) is 43.3 Å². The average molecular weight is 401 g/mol. The number of nitrogens with one attached hydrogen (secondary N) is 1. The topological polar surface area (TPSA) is 129 Å². The van der Waals surface area contributed by atoms with Crippen molar-refractivity contribution in [1.29, 1.82) is 0 Å². The Hall–Kier alpha value is -3.95. The number of carbonyl (C=O) groups excluding carboxylic acids is 2. The predicted octanol–water partition coefficient (Wildman–Crippen LogP) is 2.31. The number of hydrogen-bond donors (Lipinski definition) is 1. The number of hydrazone groups is 1. The zero-order valence-corrected chi connectivity index (χ0v) is 15.8. The Morgan fingerprint density at radius 2 is 1.93 bits per heavy atom. The quantitative estimate of drug-likeness (QED) is 0.295. The molecule has 1 N–H and O–H groups in total. The Balaban J connectivity index is 1.97. The smallest absolute Gasteiger partial charge is 0.344 e. The summed E-state index contributed by atoms with van der Waals surface area (Å²) in [4.78, 5) is 33.8. The molecule has 0 heterocycles. The van der Waals surface area contributed by atoms with Gasteiger partial charge in [-0.25, -0.2) is 10.2 Å². The molecule has 2 aromatic rings. The maximum Gasteiger partial charge on any atom is 0.344 e. The van der Waals surface area contributed by atoms with Gasteiger partial charge in [0.1, 0.15) is 11.5 Å². The third-order valence-corrected chi connectivity index (χ3v) is 3.56. The standard InChI is InChI=1S/C19H19N3O7/c1-3-28-18(23)12-29-15-7-4-13(5-8-15)11-20-21-19(24)16-10-14(22(25)26)6-9-17(16)27-2/h4-11H,3,12H2,1-2H3,(H,21,24)/b20-11-. The molecule has 2 rings (SSSR count). The van der Waals surface area contributed by atoms with Crippen molar-refractivity contribution in [3.05, 3.63) is 63.7 Å². The van der Waals surface area contributed by atoms with Gasteiger partial charge in [0, 0.05) is 12.1 Å². The highest BCUT2D eigenvalue weighted by Crippen LogP contribution is 2.23. The van der Waals surface area contributed by atoms with Crippen LogP contribution in [0.5, 0.6) is 11.5 Å². The molecule has 10 heteroatoms. The molecule has 10 nitrogen and oxygen atoms in total. The van der Waals surface area contributed by atoms with E-state index in [4.69, 9.17) is 14.2 Å². The van der Waals surface area contributed by atoms with Gasteiger partial charge >= 0.3 is 5.97 Å². The minimum absolute atomic E-state index is 0.0124. The first kappa shape index (κ1) is 21.4. The first-order valence-electron chi connectivity index (χ1n) is 8.49. The van der Waals surface area contributed by atoms with Crippen LogP contribution < -0.4 is 14.9 Å². The van der Waals surface area contributed by atoms with E-state index < -0.39 is 16.8 Å². The van der Waals surface area contributed by atoms with Crippen LogP contribution in [0.4, 0.5) is 5.69 Å². The fraction of sp³-hybridized carbons (Fsp3) is 0.211. The lowest BCUT2D eigenvalue weighted by molar-refractivity contribution is -0.384. The summed E-state index contributed by atoms with van der Waals surface area (Å²) in [6.07, 6.45) is 1.39. The second kappa shape index (κ2) is 10.4. The van der Waals surface area contributed by atoms with Gasteiger partial charge in [-0.1, -0.05) is 0 Å². The highest BCUT2D eigenvalue weighted by Gasteiger charge is 2.17. The summed E-state index contributed by atoms with van der Waals surface area (Å²) in [5.41, 5.74) is 2.70. The van der Waals surface area contributed by atoms with Gasteiger partial charge < -0.3 is 14.2 Å². The molecule has 0 fully saturated rings. The molecule has 0 spiro atoms. The number of amides is 1. The number of hydrogen-bond acceptors (Lipinski definition) is 8. The minimum Gasteiger partial charge on any atom is -0.496 e. The fourth-order valence-electron chi connectivity index (χ4n) is 2.21. The maximum absolute atomic E-state index is 12.3. The monoisotopic (exact) mass is 401 g/mol. The largest absolute Gasteiger partial charge is 0.496 e. The Kier molecular flexibility index (Phi) is 7.66. The summed E-state index contributed by atoms with van der Waals surface area (Å²) in [6, 6.07) is 10.3. The van der Waals surface area contributed by atoms with Gasteiger partial charge in [-0.2, -0.15) is 5.10 Å². The van der Waals surface area contributed by atoms with Crippen molar-refractivity contribution in [2.75, 3.05) is 20.3 Å². The molecule has 0 saturated carbocycles. The molecule has 0 atom stereocenters. The molecule has 0 unspecified atom stereocenters. The van der Waals surface area contributed by atoms with Crippen LogP contribution in [0.25, 0.3) is 0 Å². The maximum atomic E-state index is 12.3. The first-order chi connectivity index (χ1) is 13.9. The number of benzene rings is 2. The summed E-state index contributed by atoms with van der Waals surface area (Å²) in [7, 11) is 1.35. The highest BCUT2D eigenvalue weighted by molar-refractivity contribution is 5.98. The van der Waals surface area contributed by atoms with Crippen LogP contribution >= 0.6 is 0 Å². The van der Waals surface area contributed by atoms with Crippen molar-refractivity contribution in [1.82, 2.24) is 5.43 Å². The van der Waals surface area contributed by atoms with Crippen LogP contribution in [0.15, 0.2) is 47.6 Å². The zero-order chi connectivity index (χ0) is 21.2. The average Bonchev–Trinajstić information content (AvgIpc) is 2.72. The first-order valence-corrected chi connectivity index (χ1v) is 8.49. The van der Waals surface area contributed by atoms with Gasteiger partial charge in [-0.3, -0.25) is 14.9 Å². The van der Waals surface area contributed by atoms with Gasteiger partial charge in [-0.05, 0) is 42.8 Å². The molecule has 29 heavy (non-hydrogen) atoms. The third kappa shape index (κ3) is 6.31. The molecule has 0 bridgehead atoms. The summed E-state index contributed by atoms with van der Waals surface area (Å²) in [5, 5.41) is 14.7. The van der Waals surface area contributed by atoms with E-state index in [-0.39, 0.29) is 30.2 Å². The molecular weight excluding hydrogens is 382 g/mol. The molecule has 0 aliphatic rings. The number of carbonyl (C=O) groups is 2. The summed E-state index contributed by atoms with van der Waals surface area (Å²) in [6.45, 7) is 1.80. The van der Waals surface area contributed by atoms with E-state index in [1.165, 1.54) is 25.5 Å². The van der Waals surface area contributed by atoms with Crippen LogP contribution in [0.2, 0.25) is 0 Å². The lowest BCUT2D eigenvalue weighted by atomic mass is 10.1. The number of non-ortho nitro benzene ring substituents is 1. The zero-order valence-electron chi connectivity index (χ0n) is 15.8. The minimum atomic E-state index is -0.656. The van der Waals surface area contributed by atoms with Crippen molar-refractivity contribution >= 4 is 23.8 Å². The van der Waals surface area contributed by atoms with Gasteiger partial charge in [0.05, 0.1) is 30.4 Å². The number of ether oxygens (including phenoxy) is 3. The van der Waals surface area contributed by atoms with E-state index in [1.54, 1.807) is 31.2 Å². The number of methoxy groups -OCH3 is 1. The SMILES string of the molecule is CCOC(=O)COc1ccc(/C=N\NC(=O)c2cc([N+](=O)[O-])ccc2OC)cc1. The molecule has 0 aliphatic carbocycles. The van der Waals surface area contributed by atoms with Crippen LogP contribution in [0.1, 0.15) is 22.8 Å². The molecule has 1 amide bonds. The van der Waals surface area contributed by atoms with Gasteiger partial charge in [-0.15, -0.1) is 0 Å². The molecule has 0 aliphatic heterocycles. The van der Waals surface area contributed by atoms with Gasteiger partial charge in [0.25, 0.3) is 11.6 Å². The molecule has 0 aromatic heterocycles. The normalized spacial score (nSPS) is 10.4. The van der Waals surface area contributed by atoms with Crippen LogP contribution in [0, 0.1) is 10.1 Å². The molecule has 0 radical (unpaired) electrons. The fourth-order valence-corrected chi connectivity index (χ4v) is 2.21. The van der Waals surface area contributed by atoms with Crippen molar-refractivity contribution in [3.63, 3.8) is 0 Å². The lowest BCUT2D eigenvalue weighted by Gasteiger charge is -2.07. The third-order valence-electron chi connectivity index (χ3n) is 3.56. The van der Waals surface area contributed by atoms with Crippen molar-refractivity contribution < 1.29 is 28.7 Å². The van der Waals surface area contributed by atoms with E-state index >= 15 is 0 Å². The molecular formula is C19H19N3O7. The number of esters is 1. The Morgan fingerprint density at radius 3 is 2.55 bits per heavy atom. The summed E-state index contributed by atoms with van der Waals surface area (Å²) >= 11 is 0. The van der Waals surface area contributed by atoms with E-state index in [0.717, 1.165) is 6.07 Å². The lowest BCUT2D eigenvalue weighted by Crippen LogP contribution is -2.18. The van der Waals surface area contributed by atoms with E-state index in [9.17, 15) is 19.7 Å². The van der Waals surface area contributed by atoms with Crippen LogP contribution in [0.3, 0.4) is 0 Å². The molecule has 0 saturated heterocycles. The summed E-state index contributed by atoms with van der Waals surface area (Å²) < 4.78 is 15.1. The Bertz CT molecular complexity index is 911. The van der Waals surface area contributed by atoms with Gasteiger partial charge in [0.2, 0.25) is 0 Å². The number of nitro groups is 1. The number of nitrogens with zero attached hydrogens (tertiary/aromatic N) is 2. The number of nitro benzene ring substituents is 1. The van der Waals surface area contributed by atoms with Gasteiger partial charge in [0.15, 0.2) is 6.61 Å². The second-order valence-corrected chi connectivity index (χ2v) is 5.50.